The van der Waals surface area contributed by atoms with Gasteiger partial charge in [-0.05, 0) is 26.0 Å². The minimum Gasteiger partial charge on any atom is -0.449 e. The standard InChI is InChI=1S/C18H22N3O8P/c1-3-28-30(26,29-4-2)12-27-18(25)13-7-5-6-8-14(13)20-16(23)17(24)21-10-9-15(22)19-11-21/h5-10H,3-4,11-12H2,1-2H3,(H,19,22)(H,20,23). The average molecular weight is 439 g/mol. The van der Waals surface area contributed by atoms with Crippen molar-refractivity contribution < 1.29 is 37.5 Å². The molecule has 0 spiro atoms. The highest BCUT2D eigenvalue weighted by Gasteiger charge is 2.28. The number of hydrogen-bond donors (Lipinski definition) is 2. The van der Waals surface area contributed by atoms with E-state index in [9.17, 15) is 23.7 Å². The van der Waals surface area contributed by atoms with Crippen LogP contribution in [0.4, 0.5) is 5.69 Å². The molecule has 1 aromatic carbocycles. The Bertz CT molecular complexity index is 891. The number of anilines is 1. The molecule has 0 fully saturated rings. The Labute approximate surface area is 172 Å². The molecule has 0 aliphatic carbocycles. The molecule has 162 valence electrons. The van der Waals surface area contributed by atoms with Crippen LogP contribution in [0.5, 0.6) is 0 Å². The van der Waals surface area contributed by atoms with Crippen LogP contribution in [0.1, 0.15) is 24.2 Å². The molecule has 0 atom stereocenters. The molecule has 0 unspecified atom stereocenters. The number of carbonyl (C=O) groups is 4. The van der Waals surface area contributed by atoms with E-state index in [0.717, 1.165) is 11.0 Å². The molecule has 0 bridgehead atoms. The summed E-state index contributed by atoms with van der Waals surface area (Å²) in [5.74, 6) is -3.23. The highest BCUT2D eigenvalue weighted by atomic mass is 31.2. The van der Waals surface area contributed by atoms with Gasteiger partial charge < -0.3 is 24.4 Å². The maximum Gasteiger partial charge on any atom is 0.367 e. The minimum atomic E-state index is -3.61. The minimum absolute atomic E-state index is 0.0218. The van der Waals surface area contributed by atoms with Crippen molar-refractivity contribution in [1.82, 2.24) is 10.2 Å². The van der Waals surface area contributed by atoms with E-state index in [1.165, 1.54) is 24.4 Å². The van der Waals surface area contributed by atoms with Crippen LogP contribution in [0.15, 0.2) is 36.5 Å². The zero-order valence-electron chi connectivity index (χ0n) is 16.5. The second-order valence-corrected chi connectivity index (χ2v) is 7.79. The summed E-state index contributed by atoms with van der Waals surface area (Å²) >= 11 is 0. The monoisotopic (exact) mass is 439 g/mol. The second kappa shape index (κ2) is 10.7. The van der Waals surface area contributed by atoms with Crippen molar-refractivity contribution in [1.29, 1.82) is 0 Å². The molecule has 0 saturated heterocycles. The predicted octanol–water partition coefficient (Wildman–Crippen LogP) is 1.44. The Kier molecular flexibility index (Phi) is 8.28. The van der Waals surface area contributed by atoms with E-state index < -0.39 is 31.7 Å². The van der Waals surface area contributed by atoms with Gasteiger partial charge in [-0.25, -0.2) is 4.79 Å². The summed E-state index contributed by atoms with van der Waals surface area (Å²) in [6.45, 7) is 3.30. The van der Waals surface area contributed by atoms with Gasteiger partial charge in [0, 0.05) is 12.3 Å². The van der Waals surface area contributed by atoms with Crippen LogP contribution in [-0.2, 0) is 32.7 Å². The van der Waals surface area contributed by atoms with E-state index in [1.807, 2.05) is 0 Å². The molecule has 30 heavy (non-hydrogen) atoms. The molecule has 0 aromatic heterocycles. The highest BCUT2D eigenvalue weighted by molar-refractivity contribution is 7.53. The lowest BCUT2D eigenvalue weighted by Crippen LogP contribution is -2.45. The first-order valence-electron chi connectivity index (χ1n) is 9.02. The predicted molar refractivity (Wildman–Crippen MR) is 105 cm³/mol. The molecule has 1 aliphatic rings. The van der Waals surface area contributed by atoms with Gasteiger partial charge in [0.1, 0.15) is 0 Å². The largest absolute Gasteiger partial charge is 0.449 e. The van der Waals surface area contributed by atoms with Crippen molar-refractivity contribution in [2.24, 2.45) is 0 Å². The number of rotatable bonds is 8. The molecule has 1 aliphatic heterocycles. The number of nitrogens with one attached hydrogen (secondary N) is 2. The van der Waals surface area contributed by atoms with Crippen molar-refractivity contribution in [3.05, 3.63) is 42.1 Å². The van der Waals surface area contributed by atoms with Gasteiger partial charge in [0.05, 0.1) is 31.1 Å². The van der Waals surface area contributed by atoms with E-state index >= 15 is 0 Å². The molecular weight excluding hydrogens is 417 g/mol. The molecule has 3 amide bonds. The maximum absolute atomic E-state index is 12.5. The van der Waals surface area contributed by atoms with E-state index in [4.69, 9.17) is 13.8 Å². The highest BCUT2D eigenvalue weighted by Crippen LogP contribution is 2.48. The van der Waals surface area contributed by atoms with Gasteiger partial charge in [-0.15, -0.1) is 0 Å². The van der Waals surface area contributed by atoms with E-state index in [0.29, 0.717) is 0 Å². The topological polar surface area (TPSA) is 140 Å². The van der Waals surface area contributed by atoms with Gasteiger partial charge in [0.15, 0.2) is 6.35 Å². The lowest BCUT2D eigenvalue weighted by molar-refractivity contribution is -0.142. The number of hydrogen-bond acceptors (Lipinski definition) is 8. The quantitative estimate of drug-likeness (QED) is 0.352. The lowest BCUT2D eigenvalue weighted by atomic mass is 10.2. The van der Waals surface area contributed by atoms with Crippen molar-refractivity contribution in [3.63, 3.8) is 0 Å². The molecule has 0 saturated carbocycles. The summed E-state index contributed by atoms with van der Waals surface area (Å²) in [6, 6.07) is 5.85. The van der Waals surface area contributed by atoms with E-state index in [-0.39, 0.29) is 37.0 Å². The summed E-state index contributed by atoms with van der Waals surface area (Å²) in [5.41, 5.74) is -0.0331. The third kappa shape index (κ3) is 6.24. The van der Waals surface area contributed by atoms with Gasteiger partial charge in [0.25, 0.3) is 0 Å². The fourth-order valence-corrected chi connectivity index (χ4v) is 3.65. The number of amides is 3. The van der Waals surface area contributed by atoms with Crippen LogP contribution in [0.3, 0.4) is 0 Å². The smallest absolute Gasteiger partial charge is 0.367 e. The number of benzene rings is 1. The fraction of sp³-hybridized carbons (Fsp3) is 0.333. The molecular formula is C18H22N3O8P. The normalized spacial score (nSPS) is 13.5. The summed E-state index contributed by atoms with van der Waals surface area (Å²) in [4.78, 5) is 49.0. The molecule has 0 radical (unpaired) electrons. The summed E-state index contributed by atoms with van der Waals surface area (Å²) < 4.78 is 27.6. The first kappa shape index (κ1) is 23.3. The zero-order valence-corrected chi connectivity index (χ0v) is 17.3. The Morgan fingerprint density at radius 1 is 1.17 bits per heavy atom. The van der Waals surface area contributed by atoms with Crippen molar-refractivity contribution in [3.8, 4) is 0 Å². The molecule has 12 heteroatoms. The van der Waals surface area contributed by atoms with Crippen LogP contribution < -0.4 is 10.6 Å². The van der Waals surface area contributed by atoms with Crippen LogP contribution in [0.2, 0.25) is 0 Å². The fourth-order valence-electron chi connectivity index (χ4n) is 2.37. The average Bonchev–Trinajstić information content (AvgIpc) is 2.73. The number of para-hydroxylation sites is 1. The number of carbonyl (C=O) groups excluding carboxylic acids is 4. The molecule has 2 N–H and O–H groups in total. The summed E-state index contributed by atoms with van der Waals surface area (Å²) in [6.07, 6.45) is 1.68. The van der Waals surface area contributed by atoms with Crippen molar-refractivity contribution >= 4 is 37.0 Å². The Morgan fingerprint density at radius 2 is 1.83 bits per heavy atom. The van der Waals surface area contributed by atoms with Crippen molar-refractivity contribution in [2.75, 3.05) is 31.5 Å². The molecule has 1 heterocycles. The first-order chi connectivity index (χ1) is 14.3. The van der Waals surface area contributed by atoms with Gasteiger partial charge >= 0.3 is 25.4 Å². The lowest BCUT2D eigenvalue weighted by Gasteiger charge is -2.21. The Balaban J connectivity index is 2.07. The SMILES string of the molecule is CCOP(=O)(COC(=O)c1ccccc1NC(=O)C(=O)N1C=CC(=O)NC1)OCC. The summed E-state index contributed by atoms with van der Waals surface area (Å²) in [5, 5.41) is 4.73. The van der Waals surface area contributed by atoms with Gasteiger partial charge in [0.2, 0.25) is 5.91 Å². The van der Waals surface area contributed by atoms with Gasteiger partial charge in [-0.1, -0.05) is 12.1 Å². The van der Waals surface area contributed by atoms with Gasteiger partial charge in [-0.2, -0.15) is 0 Å². The Morgan fingerprint density at radius 3 is 2.43 bits per heavy atom. The second-order valence-electron chi connectivity index (χ2n) is 5.80. The Hall–Kier alpha value is -3.01. The molecule has 1 aromatic rings. The number of ether oxygens (including phenoxy) is 1. The summed E-state index contributed by atoms with van der Waals surface area (Å²) in [7, 11) is -3.61. The van der Waals surface area contributed by atoms with Crippen LogP contribution in [0, 0.1) is 0 Å². The maximum atomic E-state index is 12.5. The number of esters is 1. The van der Waals surface area contributed by atoms with E-state index in [1.54, 1.807) is 19.9 Å². The number of nitrogens with zero attached hydrogens (tertiary/aromatic N) is 1. The molecule has 11 nitrogen and oxygen atoms in total. The van der Waals surface area contributed by atoms with Gasteiger partial charge in [-0.3, -0.25) is 23.8 Å². The first-order valence-corrected chi connectivity index (χ1v) is 10.7. The van der Waals surface area contributed by atoms with Crippen LogP contribution in [-0.4, -0.2) is 54.8 Å². The van der Waals surface area contributed by atoms with E-state index in [2.05, 4.69) is 10.6 Å². The molecule has 2 rings (SSSR count). The van der Waals surface area contributed by atoms with Crippen LogP contribution in [0.25, 0.3) is 0 Å². The third-order valence-corrected chi connectivity index (χ3v) is 5.43. The van der Waals surface area contributed by atoms with Crippen LogP contribution >= 0.6 is 7.60 Å². The van der Waals surface area contributed by atoms with Crippen molar-refractivity contribution in [2.45, 2.75) is 13.8 Å². The zero-order chi connectivity index (χ0) is 22.1. The third-order valence-electron chi connectivity index (χ3n) is 3.69.